The highest BCUT2D eigenvalue weighted by molar-refractivity contribution is 8.01. The first-order valence-electron chi connectivity index (χ1n) is 7.74. The van der Waals surface area contributed by atoms with E-state index < -0.39 is 22.0 Å². The van der Waals surface area contributed by atoms with E-state index in [0.717, 1.165) is 11.1 Å². The molecule has 27 heavy (non-hydrogen) atoms. The van der Waals surface area contributed by atoms with Crippen LogP contribution in [0.3, 0.4) is 0 Å². The zero-order valence-corrected chi connectivity index (χ0v) is 16.5. The van der Waals surface area contributed by atoms with Crippen LogP contribution in [-0.2, 0) is 22.0 Å². The van der Waals surface area contributed by atoms with Crippen LogP contribution in [0.2, 0.25) is 0 Å². The van der Waals surface area contributed by atoms with Gasteiger partial charge in [0.1, 0.15) is 33.5 Å². The van der Waals surface area contributed by atoms with Crippen LogP contribution in [0.5, 0.6) is 11.5 Å². The highest BCUT2D eigenvalue weighted by Gasteiger charge is 2.02. The lowest BCUT2D eigenvalue weighted by molar-refractivity contribution is 0.417. The molecule has 0 aliphatic heterocycles. The van der Waals surface area contributed by atoms with Crippen LogP contribution >= 0.6 is 0 Å². The largest absolute Gasteiger partial charge is 0.495 e. The van der Waals surface area contributed by atoms with Gasteiger partial charge < -0.3 is 20.9 Å². The molecule has 0 aromatic heterocycles. The number of hydrogen-bond donors (Lipinski definition) is 3. The molecule has 2 aromatic carbocycles. The van der Waals surface area contributed by atoms with Gasteiger partial charge >= 0.3 is 0 Å². The molecule has 2 rings (SSSR count). The van der Waals surface area contributed by atoms with Crippen molar-refractivity contribution in [1.82, 2.24) is 4.13 Å². The van der Waals surface area contributed by atoms with Gasteiger partial charge in [-0.05, 0) is 47.5 Å². The fourth-order valence-electron chi connectivity index (χ4n) is 2.13. The van der Waals surface area contributed by atoms with Crippen molar-refractivity contribution in [3.8, 4) is 11.5 Å². The van der Waals surface area contributed by atoms with Crippen molar-refractivity contribution in [3.63, 3.8) is 0 Å². The first kappa shape index (κ1) is 20.7. The van der Waals surface area contributed by atoms with Crippen LogP contribution in [0.15, 0.2) is 47.2 Å². The number of hydrogen-bond acceptors (Lipinski definition) is 6. The SMILES string of the molecule is COc1ccc(C=CS(=O)NS(=O)C=Cc2ccc(OC)c(N)c2)cc1N. The van der Waals surface area contributed by atoms with Crippen molar-refractivity contribution < 1.29 is 17.9 Å². The molecule has 2 unspecified atom stereocenters. The van der Waals surface area contributed by atoms with E-state index in [1.807, 2.05) is 0 Å². The average molecular weight is 408 g/mol. The molecule has 0 amide bonds. The Kier molecular flexibility index (Phi) is 7.59. The first-order valence-corrected chi connectivity index (χ1v) is 10.2. The third-order valence-electron chi connectivity index (χ3n) is 3.44. The van der Waals surface area contributed by atoms with E-state index >= 15 is 0 Å². The Hall–Kier alpha value is -2.62. The summed E-state index contributed by atoms with van der Waals surface area (Å²) >= 11 is 0. The van der Waals surface area contributed by atoms with Gasteiger partial charge in [-0.2, -0.15) is 0 Å². The van der Waals surface area contributed by atoms with E-state index in [0.29, 0.717) is 22.9 Å². The van der Waals surface area contributed by atoms with Crippen molar-refractivity contribution in [1.29, 1.82) is 0 Å². The van der Waals surface area contributed by atoms with Gasteiger partial charge in [0, 0.05) is 10.8 Å². The van der Waals surface area contributed by atoms with Crippen molar-refractivity contribution in [3.05, 3.63) is 58.3 Å². The van der Waals surface area contributed by atoms with Crippen LogP contribution in [-0.4, -0.2) is 22.6 Å². The smallest absolute Gasteiger partial charge is 0.141 e. The summed E-state index contributed by atoms with van der Waals surface area (Å²) in [5.74, 6) is 1.13. The predicted molar refractivity (Wildman–Crippen MR) is 112 cm³/mol. The maximum atomic E-state index is 12.0. The number of benzene rings is 2. The molecule has 0 radical (unpaired) electrons. The van der Waals surface area contributed by atoms with Gasteiger partial charge in [0.2, 0.25) is 0 Å². The third-order valence-corrected chi connectivity index (χ3v) is 5.52. The number of nitrogens with one attached hydrogen (secondary N) is 1. The van der Waals surface area contributed by atoms with Crippen molar-refractivity contribution in [2.24, 2.45) is 0 Å². The van der Waals surface area contributed by atoms with Crippen LogP contribution in [0.4, 0.5) is 11.4 Å². The van der Waals surface area contributed by atoms with Gasteiger partial charge in [0.05, 0.1) is 25.6 Å². The van der Waals surface area contributed by atoms with Gasteiger partial charge in [0.15, 0.2) is 0 Å². The number of ether oxygens (including phenoxy) is 2. The first-order chi connectivity index (χ1) is 12.9. The Bertz CT molecular complexity index is 840. The minimum atomic E-state index is -1.63. The van der Waals surface area contributed by atoms with Crippen molar-refractivity contribution in [2.45, 2.75) is 0 Å². The summed E-state index contributed by atoms with van der Waals surface area (Å²) in [5, 5.41) is 2.77. The summed E-state index contributed by atoms with van der Waals surface area (Å²) < 4.78 is 36.6. The molecule has 5 N–H and O–H groups in total. The van der Waals surface area contributed by atoms with Gasteiger partial charge in [0.25, 0.3) is 0 Å². The summed E-state index contributed by atoms with van der Waals surface area (Å²) in [6.07, 6.45) is 3.23. The number of nitrogens with two attached hydrogens (primary N) is 2. The molecule has 0 aliphatic carbocycles. The Labute approximate surface area is 163 Å². The van der Waals surface area contributed by atoms with Crippen molar-refractivity contribution in [2.75, 3.05) is 25.7 Å². The molecule has 0 saturated carbocycles. The van der Waals surface area contributed by atoms with E-state index in [-0.39, 0.29) is 0 Å². The summed E-state index contributed by atoms with van der Waals surface area (Å²) in [7, 11) is -0.199. The minimum Gasteiger partial charge on any atom is -0.495 e. The van der Waals surface area contributed by atoms with Gasteiger partial charge in [-0.25, -0.2) is 8.42 Å². The maximum Gasteiger partial charge on any atom is 0.141 e. The monoisotopic (exact) mass is 407 g/mol. The van der Waals surface area contributed by atoms with Crippen LogP contribution in [0.25, 0.3) is 12.2 Å². The molecule has 0 saturated heterocycles. The van der Waals surface area contributed by atoms with E-state index in [1.54, 1.807) is 48.6 Å². The van der Waals surface area contributed by atoms with Crippen LogP contribution in [0, 0.1) is 0 Å². The lowest BCUT2D eigenvalue weighted by Gasteiger charge is -2.04. The molecule has 7 nitrogen and oxygen atoms in total. The topological polar surface area (TPSA) is 117 Å². The van der Waals surface area contributed by atoms with Crippen molar-refractivity contribution >= 4 is 45.5 Å². The van der Waals surface area contributed by atoms with Gasteiger partial charge in [-0.15, -0.1) is 4.13 Å². The summed E-state index contributed by atoms with van der Waals surface area (Å²) in [6, 6.07) is 10.4. The third kappa shape index (κ3) is 6.24. The highest BCUT2D eigenvalue weighted by atomic mass is 32.3. The quantitative estimate of drug-likeness (QED) is 0.579. The Balaban J connectivity index is 1.94. The lowest BCUT2D eigenvalue weighted by Crippen LogP contribution is -2.15. The van der Waals surface area contributed by atoms with Crippen LogP contribution in [0.1, 0.15) is 11.1 Å². The second kappa shape index (κ2) is 9.91. The Morgan fingerprint density at radius 1 is 0.815 bits per heavy atom. The normalized spacial score (nSPS) is 13.7. The lowest BCUT2D eigenvalue weighted by atomic mass is 10.2. The summed E-state index contributed by atoms with van der Waals surface area (Å²) in [5.41, 5.74) is 14.1. The van der Waals surface area contributed by atoms with Gasteiger partial charge in [-0.3, -0.25) is 0 Å². The van der Waals surface area contributed by atoms with Gasteiger partial charge in [-0.1, -0.05) is 12.1 Å². The molecule has 144 valence electrons. The Morgan fingerprint density at radius 2 is 1.22 bits per heavy atom. The molecule has 0 heterocycles. The number of anilines is 2. The fraction of sp³-hybridized carbons (Fsp3) is 0.111. The average Bonchev–Trinajstić information content (AvgIpc) is 2.65. The summed E-state index contributed by atoms with van der Waals surface area (Å²) in [4.78, 5) is 0. The molecule has 0 aliphatic rings. The number of methoxy groups -OCH3 is 2. The zero-order valence-electron chi connectivity index (χ0n) is 14.9. The molecular weight excluding hydrogens is 386 g/mol. The van der Waals surface area contributed by atoms with E-state index in [2.05, 4.69) is 4.13 Å². The standard InChI is InChI=1S/C18H21N3O4S2/c1-24-17-5-3-13(11-15(17)19)7-9-26(22)21-27(23)10-8-14-4-6-18(25-2)16(20)12-14/h3-12,21H,19-20H2,1-2H3. The summed E-state index contributed by atoms with van der Waals surface area (Å²) in [6.45, 7) is 0. The zero-order chi connectivity index (χ0) is 19.8. The molecule has 0 bridgehead atoms. The second-order valence-corrected chi connectivity index (χ2v) is 7.69. The molecule has 2 aromatic rings. The molecule has 0 fully saturated rings. The minimum absolute atomic E-state index is 0.476. The number of rotatable bonds is 8. The fourth-order valence-corrected chi connectivity index (χ4v) is 3.78. The number of nitrogen functional groups attached to an aromatic ring is 2. The Morgan fingerprint density at radius 3 is 1.56 bits per heavy atom. The second-order valence-electron chi connectivity index (χ2n) is 5.29. The predicted octanol–water partition coefficient (Wildman–Crippen LogP) is 2.43. The molecule has 9 heteroatoms. The van der Waals surface area contributed by atoms with E-state index in [4.69, 9.17) is 20.9 Å². The molecule has 0 spiro atoms. The van der Waals surface area contributed by atoms with Crippen LogP contribution < -0.4 is 25.1 Å². The maximum absolute atomic E-state index is 12.0. The van der Waals surface area contributed by atoms with E-state index in [1.165, 1.54) is 25.0 Å². The van der Waals surface area contributed by atoms with E-state index in [9.17, 15) is 8.42 Å². The highest BCUT2D eigenvalue weighted by Crippen LogP contribution is 2.23. The molecule has 2 atom stereocenters. The molecular formula is C18H21N3O4S2.